The number of aromatic nitrogens is 3. The molecule has 20 heteroatoms. The van der Waals surface area contributed by atoms with Crippen LogP contribution < -0.4 is 26.6 Å². The highest BCUT2D eigenvalue weighted by Gasteiger charge is 2.24. The molecule has 0 fully saturated rings. The number of anilines is 3. The summed E-state index contributed by atoms with van der Waals surface area (Å²) in [5.74, 6) is -4.85. The average molecular weight is 1010 g/mol. The minimum Gasteiger partial charge on any atom is -0.478 e. The molecule has 0 aliphatic carbocycles. The first-order valence-electron chi connectivity index (χ1n) is 21.8. The highest BCUT2D eigenvalue weighted by atomic mass is 32.1. The van der Waals surface area contributed by atoms with Crippen molar-refractivity contribution in [1.29, 1.82) is 0 Å². The van der Waals surface area contributed by atoms with Crippen LogP contribution in [0.1, 0.15) is 115 Å². The number of amides is 5. The molecule has 7 rings (SSSR count). The Kier molecular flexibility index (Phi) is 16.4. The molecule has 0 unspecified atom stereocenters. The van der Waals surface area contributed by atoms with Gasteiger partial charge in [-0.2, -0.15) is 0 Å². The lowest BCUT2D eigenvalue weighted by atomic mass is 9.91. The Morgan fingerprint density at radius 3 is 1.41 bits per heavy atom. The van der Waals surface area contributed by atoms with Crippen LogP contribution in [0.3, 0.4) is 0 Å². The van der Waals surface area contributed by atoms with E-state index in [-0.39, 0.29) is 78.5 Å². The van der Waals surface area contributed by atoms with E-state index in [1.165, 1.54) is 84.5 Å². The molecule has 0 aliphatic heterocycles. The van der Waals surface area contributed by atoms with Gasteiger partial charge in [0.2, 0.25) is 0 Å². The summed E-state index contributed by atoms with van der Waals surface area (Å²) in [6.07, 6.45) is 4.38. The van der Waals surface area contributed by atoms with Crippen molar-refractivity contribution in [3.05, 3.63) is 152 Å². The van der Waals surface area contributed by atoms with Crippen LogP contribution >= 0.6 is 22.7 Å². The molecule has 5 amide bonds. The maximum absolute atomic E-state index is 15.0. The van der Waals surface area contributed by atoms with Crippen LogP contribution in [0.25, 0.3) is 22.3 Å². The van der Waals surface area contributed by atoms with Gasteiger partial charge in [0.05, 0.1) is 5.56 Å². The number of halogens is 2. The molecule has 16 nitrogen and oxygen atoms in total. The second kappa shape index (κ2) is 22.2. The molecule has 3 aromatic heterocycles. The standard InChI is InChI=1S/C27H26FN5O4S.C24H24FN3O4S/c1-15-19(12-17(13-21(15)28)24(35)31-22-7-9-37-33-22)18-6-5-16(23(34)30-14-27(2,3)4)11-20(18)25(36)32-26-29-8-10-38-26;1-13-17(10-15(22(31)32)11-19(13)25)16-6-5-14(20(29)27-12-24(2,3)4)9-18(16)21(30)28-23-26-7-8-33-23/h5-13H,14H2,1-4H3,(H,30,34)(H,29,32,36)(H,31,33,35);5-11H,12H2,1-4H3,(H,27,29)(H,31,32)(H,26,28,30). The third-order valence-corrected chi connectivity index (χ3v) is 11.8. The maximum Gasteiger partial charge on any atom is 0.335 e. The van der Waals surface area contributed by atoms with Gasteiger partial charge in [-0.25, -0.2) is 23.5 Å². The highest BCUT2D eigenvalue weighted by molar-refractivity contribution is 7.14. The number of hydrogen-bond acceptors (Lipinski definition) is 12. The average Bonchev–Trinajstić information content (AvgIpc) is 4.15. The zero-order valence-corrected chi connectivity index (χ0v) is 41.5. The lowest BCUT2D eigenvalue weighted by Crippen LogP contribution is -2.32. The summed E-state index contributed by atoms with van der Waals surface area (Å²) >= 11 is 2.45. The third kappa shape index (κ3) is 13.9. The van der Waals surface area contributed by atoms with E-state index in [0.29, 0.717) is 40.0 Å². The second-order valence-corrected chi connectivity index (χ2v) is 20.3. The number of carbonyl (C=O) groups excluding carboxylic acids is 5. The number of aromatic carboxylic acids is 1. The zero-order valence-electron chi connectivity index (χ0n) is 39.9. The summed E-state index contributed by atoms with van der Waals surface area (Å²) in [5.41, 5.74) is 1.88. The summed E-state index contributed by atoms with van der Waals surface area (Å²) in [6.45, 7) is 15.8. The summed E-state index contributed by atoms with van der Waals surface area (Å²) < 4.78 is 34.3. The van der Waals surface area contributed by atoms with E-state index >= 15 is 4.39 Å². The SMILES string of the molecule is Cc1c(F)cc(C(=O)Nc2ccon2)cc1-c1ccc(C(=O)NCC(C)(C)C)cc1C(=O)Nc1nccs1.Cc1c(F)cc(C(=O)O)cc1-c1ccc(C(=O)NCC(C)(C)C)cc1C(=O)Nc1nccs1. The van der Waals surface area contributed by atoms with E-state index in [2.05, 4.69) is 41.7 Å². The quantitative estimate of drug-likeness (QED) is 0.0636. The first-order chi connectivity index (χ1) is 33.5. The van der Waals surface area contributed by atoms with Crippen LogP contribution in [-0.4, -0.2) is 68.8 Å². The smallest absolute Gasteiger partial charge is 0.335 e. The van der Waals surface area contributed by atoms with Gasteiger partial charge in [-0.3, -0.25) is 34.6 Å². The van der Waals surface area contributed by atoms with Crippen molar-refractivity contribution in [2.24, 2.45) is 10.8 Å². The molecular weight excluding hydrogens is 955 g/mol. The van der Waals surface area contributed by atoms with E-state index in [0.717, 1.165) is 12.1 Å². The number of carboxylic acid groups (broad SMARTS) is 1. The largest absolute Gasteiger partial charge is 0.478 e. The molecular formula is C51H50F2N8O8S2. The Bertz CT molecular complexity index is 3110. The Labute approximate surface area is 415 Å². The van der Waals surface area contributed by atoms with E-state index in [1.54, 1.807) is 36.0 Å². The van der Waals surface area contributed by atoms with Crippen LogP contribution in [0, 0.1) is 36.3 Å². The maximum atomic E-state index is 15.0. The number of rotatable bonds is 13. The van der Waals surface area contributed by atoms with Gasteiger partial charge in [0.1, 0.15) is 17.9 Å². The van der Waals surface area contributed by atoms with E-state index < -0.39 is 35.3 Å². The minimum atomic E-state index is -1.29. The molecule has 0 atom stereocenters. The van der Waals surface area contributed by atoms with Crippen molar-refractivity contribution in [3.8, 4) is 22.3 Å². The number of carbonyl (C=O) groups is 6. The number of nitrogens with zero attached hydrogens (tertiary/aromatic N) is 3. The topological polar surface area (TPSA) is 235 Å². The fourth-order valence-corrected chi connectivity index (χ4v) is 7.70. The number of nitrogens with one attached hydrogen (secondary N) is 5. The van der Waals surface area contributed by atoms with Crippen molar-refractivity contribution < 1.29 is 47.2 Å². The molecule has 7 aromatic rings. The molecule has 0 bridgehead atoms. The zero-order chi connectivity index (χ0) is 51.8. The summed E-state index contributed by atoms with van der Waals surface area (Å²) in [5, 5.41) is 30.7. The van der Waals surface area contributed by atoms with Crippen molar-refractivity contribution >= 4 is 74.3 Å². The van der Waals surface area contributed by atoms with Gasteiger partial charge < -0.3 is 25.6 Å². The molecule has 0 radical (unpaired) electrons. The van der Waals surface area contributed by atoms with Crippen LogP contribution in [0.5, 0.6) is 0 Å². The Morgan fingerprint density at radius 1 is 0.563 bits per heavy atom. The normalized spacial score (nSPS) is 11.2. The van der Waals surface area contributed by atoms with E-state index in [9.17, 15) is 38.3 Å². The van der Waals surface area contributed by atoms with Crippen LogP contribution in [-0.2, 0) is 0 Å². The molecule has 0 aliphatic rings. The van der Waals surface area contributed by atoms with Crippen molar-refractivity contribution in [1.82, 2.24) is 25.8 Å². The predicted molar refractivity (Wildman–Crippen MR) is 268 cm³/mol. The van der Waals surface area contributed by atoms with Gasteiger partial charge in [0.15, 0.2) is 16.1 Å². The lowest BCUT2D eigenvalue weighted by molar-refractivity contribution is 0.0695. The molecule has 6 N–H and O–H groups in total. The Hall–Kier alpha value is -7.97. The number of carboxylic acids is 1. The minimum absolute atomic E-state index is 0.0179. The molecule has 0 saturated carbocycles. The van der Waals surface area contributed by atoms with E-state index in [4.69, 9.17) is 4.52 Å². The van der Waals surface area contributed by atoms with Crippen LogP contribution in [0.2, 0.25) is 0 Å². The van der Waals surface area contributed by atoms with Crippen molar-refractivity contribution in [3.63, 3.8) is 0 Å². The number of thiazole rings is 2. The van der Waals surface area contributed by atoms with Crippen molar-refractivity contribution in [2.75, 3.05) is 29.0 Å². The highest BCUT2D eigenvalue weighted by Crippen LogP contribution is 2.34. The summed E-state index contributed by atoms with van der Waals surface area (Å²) in [6, 6.07) is 15.4. The van der Waals surface area contributed by atoms with Gasteiger partial charge in [-0.15, -0.1) is 22.7 Å². The molecule has 4 aromatic carbocycles. The Balaban J connectivity index is 0.000000235. The molecule has 71 heavy (non-hydrogen) atoms. The van der Waals surface area contributed by atoms with Gasteiger partial charge in [0, 0.05) is 70.1 Å². The van der Waals surface area contributed by atoms with Gasteiger partial charge in [-0.05, 0) is 107 Å². The first-order valence-corrected chi connectivity index (χ1v) is 23.6. The van der Waals surface area contributed by atoms with Gasteiger partial charge in [-0.1, -0.05) is 58.8 Å². The molecule has 3 heterocycles. The molecule has 0 spiro atoms. The third-order valence-electron chi connectivity index (χ3n) is 10.4. The molecule has 0 saturated heterocycles. The van der Waals surface area contributed by atoms with Crippen LogP contribution in [0.15, 0.2) is 101 Å². The number of hydrogen-bond donors (Lipinski definition) is 6. The van der Waals surface area contributed by atoms with Crippen LogP contribution in [0.4, 0.5) is 24.9 Å². The fourth-order valence-electron chi connectivity index (χ4n) is 6.65. The number of benzene rings is 4. The molecule has 368 valence electrons. The summed E-state index contributed by atoms with van der Waals surface area (Å²) in [4.78, 5) is 84.4. The predicted octanol–water partition coefficient (Wildman–Crippen LogP) is 10.5. The monoisotopic (exact) mass is 1000 g/mol. The Morgan fingerprint density at radius 2 is 1.01 bits per heavy atom. The van der Waals surface area contributed by atoms with Gasteiger partial charge >= 0.3 is 5.97 Å². The lowest BCUT2D eigenvalue weighted by Gasteiger charge is -2.19. The first kappa shape index (κ1) is 52.4. The fraction of sp³-hybridized carbons (Fsp3) is 0.235. The second-order valence-electron chi connectivity index (χ2n) is 18.5. The van der Waals surface area contributed by atoms with Gasteiger partial charge in [0.25, 0.3) is 29.5 Å². The van der Waals surface area contributed by atoms with Crippen molar-refractivity contribution in [2.45, 2.75) is 55.4 Å². The van der Waals surface area contributed by atoms with E-state index in [1.807, 2.05) is 41.5 Å². The summed E-state index contributed by atoms with van der Waals surface area (Å²) in [7, 11) is 0.